The van der Waals surface area contributed by atoms with Crippen LogP contribution in [0.15, 0.2) is 30.3 Å². The predicted molar refractivity (Wildman–Crippen MR) is 73.7 cm³/mol. The van der Waals surface area contributed by atoms with E-state index in [1.165, 1.54) is 0 Å². The normalized spacial score (nSPS) is 20.1. The van der Waals surface area contributed by atoms with Crippen LogP contribution in [0.2, 0.25) is 0 Å². The van der Waals surface area contributed by atoms with Crippen molar-refractivity contribution in [3.05, 3.63) is 35.9 Å². The molecule has 1 aliphatic rings. The summed E-state index contributed by atoms with van der Waals surface area (Å²) >= 11 is 0. The monoisotopic (exact) mass is 265 g/mol. The summed E-state index contributed by atoms with van der Waals surface area (Å²) in [7, 11) is 0. The second-order valence-electron chi connectivity index (χ2n) is 5.29. The maximum Gasteiger partial charge on any atom is 0.0852 e. The Morgan fingerprint density at radius 1 is 1.21 bits per heavy atom. The largest absolute Gasteiger partial charge is 0.396 e. The van der Waals surface area contributed by atoms with Crippen molar-refractivity contribution in [3.8, 4) is 0 Å². The van der Waals surface area contributed by atoms with Gasteiger partial charge in [0.1, 0.15) is 0 Å². The summed E-state index contributed by atoms with van der Waals surface area (Å²) in [6.07, 6.45) is 0.974. The van der Waals surface area contributed by atoms with E-state index in [9.17, 15) is 10.2 Å². The lowest BCUT2D eigenvalue weighted by atomic mass is 9.75. The molecule has 1 atom stereocenters. The third-order valence-electron chi connectivity index (χ3n) is 4.01. The summed E-state index contributed by atoms with van der Waals surface area (Å²) in [5, 5.41) is 23.1. The third-order valence-corrected chi connectivity index (χ3v) is 4.01. The zero-order valence-corrected chi connectivity index (χ0v) is 11.2. The Bertz CT molecular complexity index is 363. The van der Waals surface area contributed by atoms with Gasteiger partial charge in [-0.25, -0.2) is 0 Å². The van der Waals surface area contributed by atoms with Gasteiger partial charge in [-0.05, 0) is 31.5 Å². The zero-order chi connectivity index (χ0) is 13.6. The SMILES string of the molecule is OCC1(C(O)COCc2ccccc2)CCNCC1. The summed E-state index contributed by atoms with van der Waals surface area (Å²) in [6, 6.07) is 9.90. The van der Waals surface area contributed by atoms with Gasteiger partial charge < -0.3 is 20.3 Å². The first-order chi connectivity index (χ1) is 9.27. The molecule has 4 heteroatoms. The highest BCUT2D eigenvalue weighted by Gasteiger charge is 2.38. The first-order valence-corrected chi connectivity index (χ1v) is 6.88. The second-order valence-corrected chi connectivity index (χ2v) is 5.29. The molecule has 1 heterocycles. The van der Waals surface area contributed by atoms with Gasteiger partial charge in [0.2, 0.25) is 0 Å². The fourth-order valence-electron chi connectivity index (χ4n) is 2.56. The molecule has 1 aromatic rings. The maximum absolute atomic E-state index is 10.3. The first kappa shape index (κ1) is 14.5. The Hall–Kier alpha value is -0.940. The van der Waals surface area contributed by atoms with E-state index in [-0.39, 0.29) is 13.2 Å². The van der Waals surface area contributed by atoms with Gasteiger partial charge in [0.25, 0.3) is 0 Å². The smallest absolute Gasteiger partial charge is 0.0852 e. The number of aliphatic hydroxyl groups is 2. The fourth-order valence-corrected chi connectivity index (χ4v) is 2.56. The lowest BCUT2D eigenvalue weighted by molar-refractivity contribution is -0.0822. The summed E-state index contributed by atoms with van der Waals surface area (Å²) in [5.74, 6) is 0. The molecule has 0 aliphatic carbocycles. The number of aliphatic hydroxyl groups excluding tert-OH is 2. The van der Waals surface area contributed by atoms with Crippen molar-refractivity contribution in [1.29, 1.82) is 0 Å². The van der Waals surface area contributed by atoms with Crippen LogP contribution in [0.3, 0.4) is 0 Å². The molecule has 0 spiro atoms. The van der Waals surface area contributed by atoms with Crippen molar-refractivity contribution >= 4 is 0 Å². The van der Waals surface area contributed by atoms with Crippen molar-refractivity contribution < 1.29 is 14.9 Å². The molecule has 4 nitrogen and oxygen atoms in total. The van der Waals surface area contributed by atoms with Gasteiger partial charge in [-0.3, -0.25) is 0 Å². The number of rotatable bonds is 6. The molecule has 0 radical (unpaired) electrons. The van der Waals surface area contributed by atoms with Crippen LogP contribution in [0.25, 0.3) is 0 Å². The van der Waals surface area contributed by atoms with Crippen molar-refractivity contribution in [3.63, 3.8) is 0 Å². The first-order valence-electron chi connectivity index (χ1n) is 6.88. The molecule has 19 heavy (non-hydrogen) atoms. The van der Waals surface area contributed by atoms with Crippen LogP contribution >= 0.6 is 0 Å². The molecule has 1 aromatic carbocycles. The van der Waals surface area contributed by atoms with Gasteiger partial charge in [0.15, 0.2) is 0 Å². The molecule has 1 saturated heterocycles. The van der Waals surface area contributed by atoms with Crippen LogP contribution in [0.5, 0.6) is 0 Å². The number of piperidine rings is 1. The minimum Gasteiger partial charge on any atom is -0.396 e. The summed E-state index contributed by atoms with van der Waals surface area (Å²) in [5.41, 5.74) is 0.695. The van der Waals surface area contributed by atoms with Gasteiger partial charge >= 0.3 is 0 Å². The molecule has 106 valence electrons. The third kappa shape index (κ3) is 3.76. The quantitative estimate of drug-likeness (QED) is 0.716. The average molecular weight is 265 g/mol. The summed E-state index contributed by atoms with van der Waals surface area (Å²) < 4.78 is 5.58. The average Bonchev–Trinajstić information content (AvgIpc) is 2.49. The van der Waals surface area contributed by atoms with Crippen molar-refractivity contribution in [1.82, 2.24) is 5.32 Å². The van der Waals surface area contributed by atoms with Gasteiger partial charge in [0.05, 0.1) is 25.9 Å². The van der Waals surface area contributed by atoms with Crippen LogP contribution in [0, 0.1) is 5.41 Å². The molecular weight excluding hydrogens is 242 g/mol. The van der Waals surface area contributed by atoms with Gasteiger partial charge in [-0.2, -0.15) is 0 Å². The van der Waals surface area contributed by atoms with E-state index in [1.807, 2.05) is 30.3 Å². The Morgan fingerprint density at radius 3 is 2.53 bits per heavy atom. The molecule has 0 aromatic heterocycles. The van der Waals surface area contributed by atoms with Crippen LogP contribution < -0.4 is 5.32 Å². The number of hydrogen-bond acceptors (Lipinski definition) is 4. The molecular formula is C15H23NO3. The molecule has 0 amide bonds. The van der Waals surface area contributed by atoms with Crippen molar-refractivity contribution in [2.45, 2.75) is 25.6 Å². The van der Waals surface area contributed by atoms with Crippen molar-refractivity contribution in [2.24, 2.45) is 5.41 Å². The van der Waals surface area contributed by atoms with Gasteiger partial charge in [-0.15, -0.1) is 0 Å². The lowest BCUT2D eigenvalue weighted by Gasteiger charge is -2.39. The lowest BCUT2D eigenvalue weighted by Crippen LogP contribution is -2.48. The van der Waals surface area contributed by atoms with Crippen LogP contribution in [0.4, 0.5) is 0 Å². The van der Waals surface area contributed by atoms with E-state index >= 15 is 0 Å². The Kier molecular flexibility index (Phi) is 5.34. The second kappa shape index (κ2) is 7.01. The maximum atomic E-state index is 10.3. The number of ether oxygens (including phenoxy) is 1. The van der Waals surface area contributed by atoms with E-state index in [2.05, 4.69) is 5.32 Å². The molecule has 1 fully saturated rings. The minimum absolute atomic E-state index is 0.0184. The summed E-state index contributed by atoms with van der Waals surface area (Å²) in [6.45, 7) is 2.48. The zero-order valence-electron chi connectivity index (χ0n) is 11.2. The highest BCUT2D eigenvalue weighted by molar-refractivity contribution is 5.13. The highest BCUT2D eigenvalue weighted by atomic mass is 16.5. The minimum atomic E-state index is -0.608. The van der Waals surface area contributed by atoms with E-state index in [4.69, 9.17) is 4.74 Å². The summed E-state index contributed by atoms with van der Waals surface area (Å²) in [4.78, 5) is 0. The topological polar surface area (TPSA) is 61.7 Å². The molecule has 0 saturated carbocycles. The predicted octanol–water partition coefficient (Wildman–Crippen LogP) is 0.926. The van der Waals surface area contributed by atoms with Crippen LogP contribution in [-0.4, -0.2) is 42.6 Å². The standard InChI is InChI=1S/C15H23NO3/c17-12-15(6-8-16-9-7-15)14(18)11-19-10-13-4-2-1-3-5-13/h1-5,14,16-18H,6-12H2. The van der Waals surface area contributed by atoms with Crippen LogP contribution in [-0.2, 0) is 11.3 Å². The van der Waals surface area contributed by atoms with E-state index < -0.39 is 11.5 Å². The Balaban J connectivity index is 1.81. The molecule has 0 bridgehead atoms. The molecule has 1 unspecified atom stereocenters. The fraction of sp³-hybridized carbons (Fsp3) is 0.600. The Morgan fingerprint density at radius 2 is 1.89 bits per heavy atom. The van der Waals surface area contributed by atoms with Crippen molar-refractivity contribution in [2.75, 3.05) is 26.3 Å². The van der Waals surface area contributed by atoms with E-state index in [0.717, 1.165) is 31.5 Å². The Labute approximate surface area is 114 Å². The van der Waals surface area contributed by atoms with Gasteiger partial charge in [0, 0.05) is 5.41 Å². The molecule has 1 aliphatic heterocycles. The van der Waals surface area contributed by atoms with E-state index in [1.54, 1.807) is 0 Å². The number of benzene rings is 1. The van der Waals surface area contributed by atoms with Gasteiger partial charge in [-0.1, -0.05) is 30.3 Å². The molecule has 3 N–H and O–H groups in total. The number of hydrogen-bond donors (Lipinski definition) is 3. The number of nitrogens with one attached hydrogen (secondary N) is 1. The van der Waals surface area contributed by atoms with Crippen LogP contribution in [0.1, 0.15) is 18.4 Å². The highest BCUT2D eigenvalue weighted by Crippen LogP contribution is 2.32. The van der Waals surface area contributed by atoms with E-state index in [0.29, 0.717) is 6.61 Å². The molecule has 2 rings (SSSR count).